The zero-order valence-corrected chi connectivity index (χ0v) is 32.5. The Morgan fingerprint density at radius 2 is 1.74 bits per heavy atom. The van der Waals surface area contributed by atoms with Crippen LogP contribution in [0.25, 0.3) is 0 Å². The molecule has 1 aromatic rings. The van der Waals surface area contributed by atoms with Crippen LogP contribution in [-0.4, -0.2) is 57.8 Å². The lowest BCUT2D eigenvalue weighted by Crippen LogP contribution is -2.79. The van der Waals surface area contributed by atoms with E-state index < -0.39 is 40.7 Å². The van der Waals surface area contributed by atoms with Crippen LogP contribution in [0.15, 0.2) is 42.0 Å². The van der Waals surface area contributed by atoms with Crippen molar-refractivity contribution in [3.05, 3.63) is 47.5 Å². The minimum absolute atomic E-state index is 0.179. The lowest BCUT2D eigenvalue weighted by Gasteiger charge is -2.71. The minimum Gasteiger partial charge on any atom is -0.462 e. The number of esters is 2. The van der Waals surface area contributed by atoms with Crippen molar-refractivity contribution in [3.8, 4) is 11.8 Å². The number of rotatable bonds is 12. The van der Waals surface area contributed by atoms with Crippen molar-refractivity contribution in [3.63, 3.8) is 0 Å². The van der Waals surface area contributed by atoms with Gasteiger partial charge in [0.05, 0.1) is 35.1 Å². The molecule has 53 heavy (non-hydrogen) atoms. The van der Waals surface area contributed by atoms with E-state index in [1.807, 2.05) is 13.0 Å². The maximum absolute atomic E-state index is 13.9. The summed E-state index contributed by atoms with van der Waals surface area (Å²) in [6.45, 7) is 6.74. The molecule has 290 valence electrons. The zero-order valence-electron chi connectivity index (χ0n) is 32.5. The lowest BCUT2D eigenvalue weighted by molar-refractivity contribution is -0.338. The van der Waals surface area contributed by atoms with Gasteiger partial charge in [0.25, 0.3) is 0 Å². The molecular weight excluding hydrogens is 664 g/mol. The summed E-state index contributed by atoms with van der Waals surface area (Å²) < 4.78 is 11.8. The molecule has 2 bridgehead atoms. The molecule has 4 saturated carbocycles. The van der Waals surface area contributed by atoms with Gasteiger partial charge in [-0.15, -0.1) is 5.92 Å². The fourth-order valence-corrected chi connectivity index (χ4v) is 13.0. The van der Waals surface area contributed by atoms with Crippen LogP contribution in [0.5, 0.6) is 0 Å². The molecule has 10 atom stereocenters. The van der Waals surface area contributed by atoms with Crippen molar-refractivity contribution in [2.45, 2.75) is 167 Å². The summed E-state index contributed by atoms with van der Waals surface area (Å²) in [5, 5.41) is 39.8. The largest absolute Gasteiger partial charge is 0.462 e. The second kappa shape index (κ2) is 15.1. The third-order valence-electron chi connectivity index (χ3n) is 15.8. The molecule has 6 aliphatic rings. The monoisotopic (exact) mass is 728 g/mol. The Morgan fingerprint density at radius 3 is 2.47 bits per heavy atom. The number of cyclic esters (lactones) is 1. The Kier molecular flexibility index (Phi) is 11.0. The molecule has 2 heterocycles. The van der Waals surface area contributed by atoms with Crippen molar-refractivity contribution in [2.24, 2.45) is 39.4 Å². The van der Waals surface area contributed by atoms with E-state index in [2.05, 4.69) is 50.0 Å². The zero-order chi connectivity index (χ0) is 37.5. The van der Waals surface area contributed by atoms with E-state index >= 15 is 0 Å². The molecule has 7 rings (SSSR count). The van der Waals surface area contributed by atoms with Crippen LogP contribution in [-0.2, 0) is 25.5 Å². The van der Waals surface area contributed by atoms with E-state index in [9.17, 15) is 24.9 Å². The van der Waals surface area contributed by atoms with Gasteiger partial charge in [0.1, 0.15) is 12.7 Å². The van der Waals surface area contributed by atoms with Crippen molar-refractivity contribution < 1.29 is 34.4 Å². The summed E-state index contributed by atoms with van der Waals surface area (Å²) in [6, 6.07) is 10.5. The number of carbonyl (C=O) groups excluding carboxylic acids is 2. The highest BCUT2D eigenvalue weighted by molar-refractivity contribution is 5.85. The molecule has 3 N–H and O–H groups in total. The molecule has 7 heteroatoms. The molecule has 0 aromatic heterocycles. The van der Waals surface area contributed by atoms with Gasteiger partial charge in [-0.05, 0) is 124 Å². The molecule has 1 spiro atoms. The Balaban J connectivity index is 1.29. The SMILES string of the molecule is C[C@H](CCCc1ccccc1)CC[C@H](O)[C@]12C([C@@H]3C[C@](C)(C#CCCC(=O)O3)[C@]1(O)CCC1=CC(=O)OC1)[C@](C)([C@@H]1CCC3(CCCC3)C1)CC[C@@H]2O. The summed E-state index contributed by atoms with van der Waals surface area (Å²) in [4.78, 5) is 25.7. The van der Waals surface area contributed by atoms with Crippen LogP contribution in [0.1, 0.15) is 142 Å². The molecule has 1 aromatic carbocycles. The molecule has 0 saturated heterocycles. The van der Waals surface area contributed by atoms with E-state index in [0.29, 0.717) is 49.4 Å². The van der Waals surface area contributed by atoms with Crippen LogP contribution in [0.3, 0.4) is 0 Å². The van der Waals surface area contributed by atoms with Crippen LogP contribution >= 0.6 is 0 Å². The van der Waals surface area contributed by atoms with Crippen LogP contribution in [0.2, 0.25) is 0 Å². The predicted octanol–water partition coefficient (Wildman–Crippen LogP) is 8.02. The van der Waals surface area contributed by atoms with E-state index in [0.717, 1.165) is 50.5 Å². The number of ether oxygens (including phenoxy) is 2. The van der Waals surface area contributed by atoms with Crippen LogP contribution in [0.4, 0.5) is 0 Å². The van der Waals surface area contributed by atoms with Crippen molar-refractivity contribution in [2.75, 3.05) is 6.61 Å². The molecule has 4 fully saturated rings. The molecule has 4 aliphatic carbocycles. The van der Waals surface area contributed by atoms with Gasteiger partial charge < -0.3 is 24.8 Å². The summed E-state index contributed by atoms with van der Waals surface area (Å²) in [5.41, 5.74) is -2.08. The second-order valence-corrected chi connectivity index (χ2v) is 18.8. The predicted molar refractivity (Wildman–Crippen MR) is 204 cm³/mol. The second-order valence-electron chi connectivity index (χ2n) is 18.8. The van der Waals surface area contributed by atoms with Gasteiger partial charge in [-0.1, -0.05) is 69.4 Å². The fourth-order valence-electron chi connectivity index (χ4n) is 13.0. The quantitative estimate of drug-likeness (QED) is 0.148. The minimum atomic E-state index is -1.65. The number of fused-ring (bicyclic) bond motifs is 4. The summed E-state index contributed by atoms with van der Waals surface area (Å²) >= 11 is 0. The number of aryl methyl sites for hydroxylation is 1. The number of hydrogen-bond donors (Lipinski definition) is 3. The number of hydrogen-bond acceptors (Lipinski definition) is 7. The van der Waals surface area contributed by atoms with Crippen LogP contribution < -0.4 is 0 Å². The highest BCUT2D eigenvalue weighted by atomic mass is 16.5. The van der Waals surface area contributed by atoms with Crippen molar-refractivity contribution in [1.82, 2.24) is 0 Å². The maximum Gasteiger partial charge on any atom is 0.331 e. The molecule has 0 radical (unpaired) electrons. The lowest BCUT2D eigenvalue weighted by atomic mass is 9.35. The first-order valence-electron chi connectivity index (χ1n) is 21.0. The van der Waals surface area contributed by atoms with Gasteiger partial charge in [-0.25, -0.2) is 4.79 Å². The third-order valence-corrected chi connectivity index (χ3v) is 15.8. The highest BCUT2D eigenvalue weighted by Crippen LogP contribution is 2.73. The van der Waals surface area contributed by atoms with E-state index in [4.69, 9.17) is 9.47 Å². The molecule has 0 amide bonds. The summed E-state index contributed by atoms with van der Waals surface area (Å²) in [6.07, 6.45) is 14.2. The number of benzene rings is 1. The Labute approximate surface area is 317 Å². The number of aliphatic hydroxyl groups excluding tert-OH is 2. The van der Waals surface area contributed by atoms with Gasteiger partial charge in [0.2, 0.25) is 0 Å². The van der Waals surface area contributed by atoms with Crippen molar-refractivity contribution in [1.29, 1.82) is 0 Å². The van der Waals surface area contributed by atoms with Gasteiger partial charge in [0.15, 0.2) is 0 Å². The topological polar surface area (TPSA) is 113 Å². The maximum atomic E-state index is 13.9. The smallest absolute Gasteiger partial charge is 0.331 e. The first-order valence-corrected chi connectivity index (χ1v) is 21.0. The van der Waals surface area contributed by atoms with Crippen molar-refractivity contribution >= 4 is 11.9 Å². The van der Waals surface area contributed by atoms with Crippen LogP contribution in [0, 0.1) is 51.3 Å². The highest BCUT2D eigenvalue weighted by Gasteiger charge is 2.78. The van der Waals surface area contributed by atoms with Gasteiger partial charge in [-0.3, -0.25) is 4.79 Å². The van der Waals surface area contributed by atoms with Gasteiger partial charge in [-0.2, -0.15) is 0 Å². The fraction of sp³-hybridized carbons (Fsp3) is 0.739. The average Bonchev–Trinajstić information content (AvgIpc) is 3.91. The molecule has 2 aliphatic heterocycles. The molecule has 7 nitrogen and oxygen atoms in total. The number of aliphatic hydroxyl groups is 3. The van der Waals surface area contributed by atoms with E-state index in [1.165, 1.54) is 43.7 Å². The summed E-state index contributed by atoms with van der Waals surface area (Å²) in [5.74, 6) is 6.23. The first-order chi connectivity index (χ1) is 25.3. The average molecular weight is 729 g/mol. The number of carbonyl (C=O) groups is 2. The first kappa shape index (κ1) is 38.6. The Bertz CT molecular complexity index is 1590. The Morgan fingerprint density at radius 1 is 0.962 bits per heavy atom. The third kappa shape index (κ3) is 6.93. The summed E-state index contributed by atoms with van der Waals surface area (Å²) in [7, 11) is 0. The molecular formula is C46H64O7. The molecule has 1 unspecified atom stereocenters. The van der Waals surface area contributed by atoms with E-state index in [-0.39, 0.29) is 36.8 Å². The van der Waals surface area contributed by atoms with E-state index in [1.54, 1.807) is 0 Å². The standard InChI is InChI=1S/C46H64O7/c1-32(12-11-15-33-13-5-4-6-14-33)17-18-37(47)46-38(48)21-25-43(3,35-20-26-44(29-35)23-9-10-24-44)41(46)36-30-42(2,22-8-7-16-39(49)53-36)45(46,51)27-19-34-28-40(50)52-31-34/h4-6,13-14,28,32,35-38,41,47-48,51H,7,9-12,15-21,23-27,29-31H2,1-3H3/t32-,35-,36+,37+,38+,41?,42+,43+,45-,46+/m1/s1. The van der Waals surface area contributed by atoms with Gasteiger partial charge >= 0.3 is 11.9 Å². The normalized spacial score (nSPS) is 38.7. The van der Waals surface area contributed by atoms with Gasteiger partial charge in [0, 0.05) is 24.8 Å². The Hall–Kier alpha value is -2.66.